The summed E-state index contributed by atoms with van der Waals surface area (Å²) in [4.78, 5) is 29.5. The van der Waals surface area contributed by atoms with Gasteiger partial charge in [-0.05, 0) is 49.2 Å². The maximum Gasteiger partial charge on any atom is 0.259 e. The molecule has 25 heavy (non-hydrogen) atoms. The number of benzene rings is 1. The van der Waals surface area contributed by atoms with Gasteiger partial charge >= 0.3 is 0 Å². The lowest BCUT2D eigenvalue weighted by Gasteiger charge is -2.28. The number of aromatic amines is 2. The predicted molar refractivity (Wildman–Crippen MR) is 99.5 cm³/mol. The van der Waals surface area contributed by atoms with Crippen molar-refractivity contribution in [3.63, 3.8) is 0 Å². The van der Waals surface area contributed by atoms with Gasteiger partial charge in [-0.15, -0.1) is 0 Å². The van der Waals surface area contributed by atoms with Gasteiger partial charge in [0.15, 0.2) is 4.77 Å². The number of hydrogen-bond acceptors (Lipinski definition) is 4. The van der Waals surface area contributed by atoms with Crippen LogP contribution in [0.25, 0.3) is 10.9 Å². The summed E-state index contributed by atoms with van der Waals surface area (Å²) in [5.41, 5.74) is 0.768. The molecule has 7 heteroatoms. The van der Waals surface area contributed by atoms with E-state index in [9.17, 15) is 9.59 Å². The van der Waals surface area contributed by atoms with Crippen molar-refractivity contribution in [1.29, 1.82) is 0 Å². The van der Waals surface area contributed by atoms with Gasteiger partial charge in [-0.1, -0.05) is 19.8 Å². The number of aromatic nitrogens is 2. The van der Waals surface area contributed by atoms with Crippen LogP contribution in [0.5, 0.6) is 0 Å². The van der Waals surface area contributed by atoms with Crippen molar-refractivity contribution in [3.05, 3.63) is 38.9 Å². The zero-order valence-electron chi connectivity index (χ0n) is 14.3. The van der Waals surface area contributed by atoms with Gasteiger partial charge in [0.05, 0.1) is 23.6 Å². The van der Waals surface area contributed by atoms with E-state index in [4.69, 9.17) is 17.0 Å². The van der Waals surface area contributed by atoms with E-state index in [0.29, 0.717) is 41.6 Å². The Morgan fingerprint density at radius 2 is 2.12 bits per heavy atom. The summed E-state index contributed by atoms with van der Waals surface area (Å²) >= 11 is 4.96. The molecule has 6 nitrogen and oxygen atoms in total. The van der Waals surface area contributed by atoms with Gasteiger partial charge in [-0.25, -0.2) is 0 Å². The second-order valence-electron chi connectivity index (χ2n) is 6.60. The first-order valence-electron chi connectivity index (χ1n) is 8.71. The Balaban J connectivity index is 1.57. The number of amides is 1. The van der Waals surface area contributed by atoms with E-state index in [1.165, 1.54) is 19.3 Å². The molecule has 1 aliphatic carbocycles. The van der Waals surface area contributed by atoms with Crippen LogP contribution in [0.3, 0.4) is 0 Å². The minimum Gasteiger partial charge on any atom is -0.376 e. The lowest BCUT2D eigenvalue weighted by Crippen LogP contribution is -2.31. The zero-order valence-corrected chi connectivity index (χ0v) is 15.1. The second-order valence-corrected chi connectivity index (χ2v) is 7.00. The maximum absolute atomic E-state index is 12.3. The number of carbonyl (C=O) groups is 1. The SMILES string of the molecule is CC1CCCCC1OCCNC(=O)c1ccc2c(=O)[nH]c(=S)[nH]c2c1. The molecule has 1 aromatic carbocycles. The molecule has 1 aromatic heterocycles. The molecule has 3 rings (SSSR count). The van der Waals surface area contributed by atoms with E-state index in [1.54, 1.807) is 18.2 Å². The average molecular weight is 361 g/mol. The molecule has 1 amide bonds. The quantitative estimate of drug-likeness (QED) is 0.564. The van der Waals surface area contributed by atoms with Crippen molar-refractivity contribution < 1.29 is 9.53 Å². The van der Waals surface area contributed by atoms with Gasteiger partial charge in [0.2, 0.25) is 0 Å². The van der Waals surface area contributed by atoms with E-state index < -0.39 is 0 Å². The summed E-state index contributed by atoms with van der Waals surface area (Å²) in [6, 6.07) is 4.89. The predicted octanol–water partition coefficient (Wildman–Crippen LogP) is 2.91. The highest BCUT2D eigenvalue weighted by atomic mass is 32.1. The van der Waals surface area contributed by atoms with Crippen LogP contribution in [-0.4, -0.2) is 35.1 Å². The van der Waals surface area contributed by atoms with E-state index in [2.05, 4.69) is 22.2 Å². The van der Waals surface area contributed by atoms with Crippen molar-refractivity contribution in [1.82, 2.24) is 15.3 Å². The second kappa shape index (κ2) is 7.93. The summed E-state index contributed by atoms with van der Waals surface area (Å²) in [6.45, 7) is 3.20. The van der Waals surface area contributed by atoms with Crippen LogP contribution in [0.4, 0.5) is 0 Å². The Morgan fingerprint density at radius 3 is 2.92 bits per heavy atom. The van der Waals surface area contributed by atoms with Crippen molar-refractivity contribution >= 4 is 29.0 Å². The van der Waals surface area contributed by atoms with Gasteiger partial charge in [-0.3, -0.25) is 14.6 Å². The van der Waals surface area contributed by atoms with Gasteiger partial charge in [0.1, 0.15) is 0 Å². The maximum atomic E-state index is 12.3. The molecule has 2 aromatic rings. The normalized spacial score (nSPS) is 20.5. The number of nitrogens with one attached hydrogen (secondary N) is 3. The van der Waals surface area contributed by atoms with Crippen molar-refractivity contribution in [3.8, 4) is 0 Å². The van der Waals surface area contributed by atoms with Crippen LogP contribution in [0, 0.1) is 10.7 Å². The van der Waals surface area contributed by atoms with Gasteiger partial charge in [0.25, 0.3) is 11.5 Å². The lowest BCUT2D eigenvalue weighted by atomic mass is 9.88. The molecule has 2 atom stereocenters. The van der Waals surface area contributed by atoms with Crippen LogP contribution >= 0.6 is 12.2 Å². The van der Waals surface area contributed by atoms with Crippen molar-refractivity contribution in [2.75, 3.05) is 13.2 Å². The minimum atomic E-state index is -0.263. The van der Waals surface area contributed by atoms with E-state index in [0.717, 1.165) is 6.42 Å². The summed E-state index contributed by atoms with van der Waals surface area (Å²) < 4.78 is 6.14. The standard InChI is InChI=1S/C18H23N3O3S/c1-11-4-2-3-5-15(11)24-9-8-19-16(22)12-6-7-13-14(10-12)20-18(25)21-17(13)23/h6-7,10-11,15H,2-5,8-9H2,1H3,(H,19,22)(H2,20,21,23,25). The first kappa shape index (κ1) is 17.8. The summed E-state index contributed by atoms with van der Waals surface area (Å²) in [5, 5.41) is 3.33. The molecule has 0 radical (unpaired) electrons. The van der Waals surface area contributed by atoms with Crippen molar-refractivity contribution in [2.24, 2.45) is 5.92 Å². The molecular formula is C18H23N3O3S. The largest absolute Gasteiger partial charge is 0.376 e. The molecule has 2 unspecified atom stereocenters. The molecule has 1 saturated carbocycles. The number of rotatable bonds is 5. The number of carbonyl (C=O) groups excluding carboxylic acids is 1. The molecule has 3 N–H and O–H groups in total. The van der Waals surface area contributed by atoms with Crippen LogP contribution in [0.15, 0.2) is 23.0 Å². The fraction of sp³-hybridized carbons (Fsp3) is 0.500. The summed E-state index contributed by atoms with van der Waals surface area (Å²) in [7, 11) is 0. The Kier molecular flexibility index (Phi) is 5.65. The van der Waals surface area contributed by atoms with Gasteiger partial charge in [0, 0.05) is 12.1 Å². The monoisotopic (exact) mass is 361 g/mol. The van der Waals surface area contributed by atoms with Gasteiger partial charge in [-0.2, -0.15) is 0 Å². The topological polar surface area (TPSA) is 87.0 Å². The van der Waals surface area contributed by atoms with E-state index in [-0.39, 0.29) is 16.2 Å². The lowest BCUT2D eigenvalue weighted by molar-refractivity contribution is -0.00293. The highest BCUT2D eigenvalue weighted by Gasteiger charge is 2.21. The Hall–Kier alpha value is -1.99. The minimum absolute atomic E-state index is 0.193. The molecular weight excluding hydrogens is 338 g/mol. The molecule has 1 heterocycles. The highest BCUT2D eigenvalue weighted by Crippen LogP contribution is 2.25. The van der Waals surface area contributed by atoms with E-state index in [1.807, 2.05) is 0 Å². The van der Waals surface area contributed by atoms with E-state index >= 15 is 0 Å². The first-order valence-corrected chi connectivity index (χ1v) is 9.11. The molecule has 0 bridgehead atoms. The fourth-order valence-electron chi connectivity index (χ4n) is 3.32. The number of ether oxygens (including phenoxy) is 1. The zero-order chi connectivity index (χ0) is 17.8. The van der Waals surface area contributed by atoms with Crippen molar-refractivity contribution in [2.45, 2.75) is 38.7 Å². The van der Waals surface area contributed by atoms with Crippen LogP contribution < -0.4 is 10.9 Å². The number of fused-ring (bicyclic) bond motifs is 1. The number of H-pyrrole nitrogens is 2. The Morgan fingerprint density at radius 1 is 1.32 bits per heavy atom. The van der Waals surface area contributed by atoms with Gasteiger partial charge < -0.3 is 15.0 Å². The molecule has 0 saturated heterocycles. The van der Waals surface area contributed by atoms with Crippen LogP contribution in [0.2, 0.25) is 0 Å². The van der Waals surface area contributed by atoms with Crippen LogP contribution in [0.1, 0.15) is 43.0 Å². The molecule has 1 fully saturated rings. The smallest absolute Gasteiger partial charge is 0.259 e. The fourth-order valence-corrected chi connectivity index (χ4v) is 3.52. The summed E-state index contributed by atoms with van der Waals surface area (Å²) in [6.07, 6.45) is 5.13. The third-order valence-electron chi connectivity index (χ3n) is 4.75. The van der Waals surface area contributed by atoms with Crippen LogP contribution in [-0.2, 0) is 4.74 Å². The molecule has 134 valence electrons. The highest BCUT2D eigenvalue weighted by molar-refractivity contribution is 7.71. The molecule has 1 aliphatic rings. The number of hydrogen-bond donors (Lipinski definition) is 3. The molecule has 0 spiro atoms. The third kappa shape index (κ3) is 4.35. The Bertz CT molecular complexity index is 874. The third-order valence-corrected chi connectivity index (χ3v) is 4.96. The Labute approximate surface area is 151 Å². The average Bonchev–Trinajstić information content (AvgIpc) is 2.59. The first-order chi connectivity index (χ1) is 12.0. The summed E-state index contributed by atoms with van der Waals surface area (Å²) in [5.74, 6) is 0.396. The molecule has 0 aliphatic heterocycles.